The average Bonchev–Trinajstić information content (AvgIpc) is 2.78. The van der Waals surface area contributed by atoms with Crippen molar-refractivity contribution in [1.29, 1.82) is 0 Å². The molecular weight excluding hydrogens is 445 g/mol. The summed E-state index contributed by atoms with van der Waals surface area (Å²) in [6.07, 6.45) is 6.35. The molecule has 7 nitrogen and oxygen atoms in total. The summed E-state index contributed by atoms with van der Waals surface area (Å²) in [6.45, 7) is 1.69. The molecule has 33 heavy (non-hydrogen) atoms. The van der Waals surface area contributed by atoms with E-state index in [-0.39, 0.29) is 24.1 Å². The van der Waals surface area contributed by atoms with Crippen LogP contribution >= 0.6 is 0 Å². The summed E-state index contributed by atoms with van der Waals surface area (Å²) in [7, 11) is -3.85. The molecular formula is C24H30FN3O4S. The zero-order chi connectivity index (χ0) is 24.0. The first kappa shape index (κ1) is 24.7. The number of benzene rings is 2. The van der Waals surface area contributed by atoms with Crippen molar-refractivity contribution in [2.24, 2.45) is 0 Å². The molecule has 2 aromatic rings. The first-order chi connectivity index (χ1) is 15.7. The molecule has 0 aromatic heterocycles. The zero-order valence-corrected chi connectivity index (χ0v) is 19.7. The Morgan fingerprint density at radius 3 is 2.30 bits per heavy atom. The Morgan fingerprint density at radius 1 is 1.06 bits per heavy atom. The number of sulfonamides is 1. The molecule has 0 aliphatic heterocycles. The average molecular weight is 476 g/mol. The number of hydrogen-bond acceptors (Lipinski definition) is 4. The van der Waals surface area contributed by atoms with Gasteiger partial charge in [0.15, 0.2) is 0 Å². The fraction of sp³-hybridized carbons (Fsp3) is 0.417. The van der Waals surface area contributed by atoms with Crippen LogP contribution in [0.15, 0.2) is 48.5 Å². The molecule has 1 atom stereocenters. The van der Waals surface area contributed by atoms with Gasteiger partial charge in [-0.3, -0.25) is 13.9 Å². The van der Waals surface area contributed by atoms with E-state index in [2.05, 4.69) is 10.6 Å². The molecule has 2 aromatic carbocycles. The van der Waals surface area contributed by atoms with Crippen LogP contribution in [0.3, 0.4) is 0 Å². The molecule has 178 valence electrons. The van der Waals surface area contributed by atoms with Gasteiger partial charge in [0.2, 0.25) is 15.9 Å². The number of nitrogens with zero attached hydrogens (tertiary/aromatic N) is 1. The van der Waals surface area contributed by atoms with Gasteiger partial charge in [-0.1, -0.05) is 38.3 Å². The minimum Gasteiger partial charge on any atom is -0.349 e. The van der Waals surface area contributed by atoms with E-state index in [0.717, 1.165) is 48.4 Å². The van der Waals surface area contributed by atoms with Gasteiger partial charge in [0.1, 0.15) is 11.9 Å². The van der Waals surface area contributed by atoms with Crippen molar-refractivity contribution < 1.29 is 22.4 Å². The highest BCUT2D eigenvalue weighted by Gasteiger charge is 2.32. The van der Waals surface area contributed by atoms with Gasteiger partial charge in [-0.25, -0.2) is 12.8 Å². The molecule has 0 heterocycles. The van der Waals surface area contributed by atoms with Gasteiger partial charge >= 0.3 is 0 Å². The standard InChI is InChI=1S/C24H30FN3O4S/c1-3-22(28(33(2,31)32)19-15-13-17(25)14-16-19)24(30)27-21-12-8-7-11-20(21)23(29)26-18-9-5-4-6-10-18/h7-8,11-16,18,22H,3-6,9-10H2,1-2H3,(H,26,29)(H,27,30)/t22-/m1/s1. The maximum atomic E-state index is 13.4. The maximum absolute atomic E-state index is 13.4. The van der Waals surface area contributed by atoms with E-state index < -0.39 is 27.8 Å². The van der Waals surface area contributed by atoms with Gasteiger partial charge in [-0.2, -0.15) is 0 Å². The van der Waals surface area contributed by atoms with Crippen LogP contribution in [0.1, 0.15) is 55.8 Å². The third-order valence-electron chi connectivity index (χ3n) is 5.78. The third kappa shape index (κ3) is 6.31. The lowest BCUT2D eigenvalue weighted by Gasteiger charge is -2.30. The van der Waals surface area contributed by atoms with E-state index in [1.807, 2.05) is 0 Å². The second-order valence-corrected chi connectivity index (χ2v) is 10.2. The summed E-state index contributed by atoms with van der Waals surface area (Å²) < 4.78 is 39.5. The molecule has 0 saturated heterocycles. The Balaban J connectivity index is 1.84. The van der Waals surface area contributed by atoms with Crippen LogP contribution in [0.5, 0.6) is 0 Å². The normalized spacial score (nSPS) is 15.5. The van der Waals surface area contributed by atoms with Crippen molar-refractivity contribution in [1.82, 2.24) is 5.32 Å². The number of nitrogens with one attached hydrogen (secondary N) is 2. The van der Waals surface area contributed by atoms with Crippen molar-refractivity contribution in [3.8, 4) is 0 Å². The van der Waals surface area contributed by atoms with Gasteiger partial charge in [-0.05, 0) is 55.7 Å². The van der Waals surface area contributed by atoms with Crippen LogP contribution in [-0.2, 0) is 14.8 Å². The predicted molar refractivity (Wildman–Crippen MR) is 127 cm³/mol. The Bertz CT molecular complexity index is 1080. The largest absolute Gasteiger partial charge is 0.349 e. The Labute approximate surface area is 194 Å². The number of amides is 2. The van der Waals surface area contributed by atoms with Crippen LogP contribution in [0.2, 0.25) is 0 Å². The summed E-state index contributed by atoms with van der Waals surface area (Å²) in [6, 6.07) is 10.6. The summed E-state index contributed by atoms with van der Waals surface area (Å²) in [4.78, 5) is 26.1. The fourth-order valence-electron chi connectivity index (χ4n) is 4.16. The predicted octanol–water partition coefficient (Wildman–Crippen LogP) is 4.07. The Morgan fingerprint density at radius 2 is 1.70 bits per heavy atom. The monoisotopic (exact) mass is 475 g/mol. The van der Waals surface area contributed by atoms with E-state index in [9.17, 15) is 22.4 Å². The highest BCUT2D eigenvalue weighted by molar-refractivity contribution is 7.92. The minimum atomic E-state index is -3.85. The summed E-state index contributed by atoms with van der Waals surface area (Å²) in [5.74, 6) is -1.36. The molecule has 1 saturated carbocycles. The number of hydrogen-bond donors (Lipinski definition) is 2. The van der Waals surface area contributed by atoms with Crippen molar-refractivity contribution in [3.05, 3.63) is 59.9 Å². The van der Waals surface area contributed by atoms with E-state index >= 15 is 0 Å². The van der Waals surface area contributed by atoms with Crippen molar-refractivity contribution in [3.63, 3.8) is 0 Å². The van der Waals surface area contributed by atoms with Gasteiger partial charge in [-0.15, -0.1) is 0 Å². The third-order valence-corrected chi connectivity index (χ3v) is 6.96. The Hall–Kier alpha value is -2.94. The van der Waals surface area contributed by atoms with Crippen molar-refractivity contribution in [2.45, 2.75) is 57.5 Å². The molecule has 1 fully saturated rings. The van der Waals surface area contributed by atoms with Crippen LogP contribution in [-0.4, -0.2) is 38.6 Å². The van der Waals surface area contributed by atoms with E-state index in [1.54, 1.807) is 31.2 Å². The number of anilines is 2. The summed E-state index contributed by atoms with van der Waals surface area (Å²) >= 11 is 0. The smallest absolute Gasteiger partial charge is 0.253 e. The lowest BCUT2D eigenvalue weighted by atomic mass is 9.95. The van der Waals surface area contributed by atoms with E-state index in [1.165, 1.54) is 18.6 Å². The fourth-order valence-corrected chi connectivity index (χ4v) is 5.38. The highest BCUT2D eigenvalue weighted by Crippen LogP contribution is 2.25. The topological polar surface area (TPSA) is 95.6 Å². The molecule has 1 aliphatic carbocycles. The molecule has 0 bridgehead atoms. The summed E-state index contributed by atoms with van der Waals surface area (Å²) in [5, 5.41) is 5.77. The SMILES string of the molecule is CC[C@H](C(=O)Nc1ccccc1C(=O)NC1CCCCC1)N(c1ccc(F)cc1)S(C)(=O)=O. The van der Waals surface area contributed by atoms with Crippen LogP contribution in [0.25, 0.3) is 0 Å². The van der Waals surface area contributed by atoms with Gasteiger partial charge < -0.3 is 10.6 Å². The molecule has 2 amide bonds. The lowest BCUT2D eigenvalue weighted by Crippen LogP contribution is -2.47. The molecule has 1 aliphatic rings. The minimum absolute atomic E-state index is 0.109. The van der Waals surface area contributed by atoms with E-state index in [4.69, 9.17) is 0 Å². The first-order valence-corrected chi connectivity index (χ1v) is 13.0. The van der Waals surface area contributed by atoms with Gasteiger partial charge in [0.25, 0.3) is 5.91 Å². The first-order valence-electron chi connectivity index (χ1n) is 11.2. The zero-order valence-electron chi connectivity index (χ0n) is 18.9. The molecule has 0 radical (unpaired) electrons. The van der Waals surface area contributed by atoms with Crippen molar-refractivity contribution in [2.75, 3.05) is 15.9 Å². The van der Waals surface area contributed by atoms with Crippen molar-refractivity contribution >= 4 is 33.2 Å². The van der Waals surface area contributed by atoms with Crippen LogP contribution in [0, 0.1) is 5.82 Å². The maximum Gasteiger partial charge on any atom is 0.253 e. The Kier molecular flexibility index (Phi) is 8.07. The quantitative estimate of drug-likeness (QED) is 0.602. The molecule has 2 N–H and O–H groups in total. The lowest BCUT2D eigenvalue weighted by molar-refractivity contribution is -0.117. The highest BCUT2D eigenvalue weighted by atomic mass is 32.2. The molecule has 3 rings (SSSR count). The number of carbonyl (C=O) groups excluding carboxylic acids is 2. The number of para-hydroxylation sites is 1. The van der Waals surface area contributed by atoms with Gasteiger partial charge in [0, 0.05) is 6.04 Å². The van der Waals surface area contributed by atoms with Crippen LogP contribution < -0.4 is 14.9 Å². The second-order valence-electron chi connectivity index (χ2n) is 8.30. The molecule has 0 unspecified atom stereocenters. The number of halogens is 1. The van der Waals surface area contributed by atoms with E-state index in [0.29, 0.717) is 11.3 Å². The second kappa shape index (κ2) is 10.8. The number of carbonyl (C=O) groups is 2. The summed E-state index contributed by atoms with van der Waals surface area (Å²) in [5.41, 5.74) is 0.810. The van der Waals surface area contributed by atoms with Crippen LogP contribution in [0.4, 0.5) is 15.8 Å². The molecule has 0 spiro atoms. The van der Waals surface area contributed by atoms with Gasteiger partial charge in [0.05, 0.1) is 23.2 Å². The molecule has 9 heteroatoms. The number of rotatable bonds is 8.